The number of carbonyl (C=O) groups is 1. The average Bonchev–Trinajstić information content (AvgIpc) is 3.42. The SMILES string of the molecule is Cc1cnc(N[C@H]2CCOC2)nc1-n1cnc(C(=O)NCc2cccc(Cl)c2F)c1. The van der Waals surface area contributed by atoms with E-state index in [0.29, 0.717) is 23.9 Å². The molecule has 0 saturated carbocycles. The molecule has 1 fully saturated rings. The Morgan fingerprint density at radius 1 is 1.40 bits per heavy atom. The molecule has 3 heterocycles. The summed E-state index contributed by atoms with van der Waals surface area (Å²) < 4.78 is 21.0. The maximum atomic E-state index is 14.0. The highest BCUT2D eigenvalue weighted by molar-refractivity contribution is 6.30. The van der Waals surface area contributed by atoms with Crippen LogP contribution in [0.2, 0.25) is 5.02 Å². The van der Waals surface area contributed by atoms with Crippen LogP contribution in [0.1, 0.15) is 28.0 Å². The first-order chi connectivity index (χ1) is 14.5. The summed E-state index contributed by atoms with van der Waals surface area (Å²) >= 11 is 5.77. The fourth-order valence-corrected chi connectivity index (χ4v) is 3.30. The first-order valence-corrected chi connectivity index (χ1v) is 9.82. The van der Waals surface area contributed by atoms with Gasteiger partial charge in [0.15, 0.2) is 0 Å². The van der Waals surface area contributed by atoms with Gasteiger partial charge in [-0.05, 0) is 19.4 Å². The van der Waals surface area contributed by atoms with Crippen LogP contribution < -0.4 is 10.6 Å². The van der Waals surface area contributed by atoms with Gasteiger partial charge in [-0.2, -0.15) is 4.98 Å². The molecule has 8 nitrogen and oxygen atoms in total. The number of aryl methyl sites for hydroxylation is 1. The summed E-state index contributed by atoms with van der Waals surface area (Å²) in [7, 11) is 0. The van der Waals surface area contributed by atoms with Gasteiger partial charge in [0.25, 0.3) is 5.91 Å². The summed E-state index contributed by atoms with van der Waals surface area (Å²) in [5.74, 6) is 0.122. The van der Waals surface area contributed by atoms with Crippen LogP contribution >= 0.6 is 11.6 Å². The van der Waals surface area contributed by atoms with Crippen molar-refractivity contribution in [2.75, 3.05) is 18.5 Å². The van der Waals surface area contributed by atoms with Crippen molar-refractivity contribution in [2.24, 2.45) is 0 Å². The molecule has 1 aliphatic rings. The minimum atomic E-state index is -0.547. The van der Waals surface area contributed by atoms with E-state index in [4.69, 9.17) is 16.3 Å². The molecule has 3 aromatic rings. The first-order valence-electron chi connectivity index (χ1n) is 9.44. The van der Waals surface area contributed by atoms with Crippen LogP contribution in [0, 0.1) is 12.7 Å². The second-order valence-electron chi connectivity index (χ2n) is 6.97. The number of amides is 1. The number of halogens is 2. The lowest BCUT2D eigenvalue weighted by atomic mass is 10.2. The molecule has 0 aliphatic carbocycles. The molecule has 1 atom stereocenters. The number of nitrogens with zero attached hydrogens (tertiary/aromatic N) is 4. The molecule has 1 saturated heterocycles. The van der Waals surface area contributed by atoms with Crippen LogP contribution in [-0.4, -0.2) is 44.7 Å². The summed E-state index contributed by atoms with van der Waals surface area (Å²) in [4.78, 5) is 25.4. The lowest BCUT2D eigenvalue weighted by Crippen LogP contribution is -2.23. The highest BCUT2D eigenvalue weighted by Gasteiger charge is 2.18. The van der Waals surface area contributed by atoms with E-state index in [0.717, 1.165) is 18.6 Å². The summed E-state index contributed by atoms with van der Waals surface area (Å²) in [6.45, 7) is 3.21. The highest BCUT2D eigenvalue weighted by Crippen LogP contribution is 2.18. The molecule has 0 bridgehead atoms. The maximum absolute atomic E-state index is 14.0. The fourth-order valence-electron chi connectivity index (χ4n) is 3.10. The molecule has 2 aromatic heterocycles. The first kappa shape index (κ1) is 20.2. The molecule has 1 amide bonds. The standard InChI is InChI=1S/C20H20ClFN6O2/c1-12-7-24-20(26-14-5-6-30-10-14)27-18(12)28-9-16(25-11-28)19(29)23-8-13-3-2-4-15(21)17(13)22/h2-4,7,9,11,14H,5-6,8,10H2,1H3,(H,23,29)(H,24,26,27)/t14-/m0/s1. The normalized spacial score (nSPS) is 15.9. The third kappa shape index (κ3) is 4.42. The van der Waals surface area contributed by atoms with Gasteiger partial charge in [-0.1, -0.05) is 23.7 Å². The second-order valence-corrected chi connectivity index (χ2v) is 7.37. The van der Waals surface area contributed by atoms with Crippen molar-refractivity contribution < 1.29 is 13.9 Å². The Kier molecular flexibility index (Phi) is 5.91. The quantitative estimate of drug-likeness (QED) is 0.624. The average molecular weight is 431 g/mol. The molecule has 0 unspecified atom stereocenters. The van der Waals surface area contributed by atoms with Gasteiger partial charge in [0.1, 0.15) is 23.7 Å². The maximum Gasteiger partial charge on any atom is 0.271 e. The summed E-state index contributed by atoms with van der Waals surface area (Å²) in [6.07, 6.45) is 5.69. The predicted molar refractivity (Wildman–Crippen MR) is 109 cm³/mol. The Balaban J connectivity index is 1.46. The van der Waals surface area contributed by atoms with Gasteiger partial charge in [0.05, 0.1) is 17.7 Å². The van der Waals surface area contributed by atoms with Gasteiger partial charge in [0, 0.05) is 36.7 Å². The van der Waals surface area contributed by atoms with Crippen molar-refractivity contribution >= 4 is 23.5 Å². The Morgan fingerprint density at radius 2 is 2.27 bits per heavy atom. The number of aromatic nitrogens is 4. The number of hydrogen-bond donors (Lipinski definition) is 2. The Bertz CT molecular complexity index is 1070. The zero-order valence-electron chi connectivity index (χ0n) is 16.2. The smallest absolute Gasteiger partial charge is 0.271 e. The Morgan fingerprint density at radius 3 is 3.07 bits per heavy atom. The van der Waals surface area contributed by atoms with Gasteiger partial charge in [-0.3, -0.25) is 9.36 Å². The molecule has 30 heavy (non-hydrogen) atoms. The van der Waals surface area contributed by atoms with Crippen LogP contribution in [0.3, 0.4) is 0 Å². The topological polar surface area (TPSA) is 94.0 Å². The lowest BCUT2D eigenvalue weighted by molar-refractivity contribution is 0.0946. The lowest BCUT2D eigenvalue weighted by Gasteiger charge is -2.12. The summed E-state index contributed by atoms with van der Waals surface area (Å²) in [5.41, 5.74) is 1.32. The number of rotatable bonds is 6. The van der Waals surface area contributed by atoms with Crippen LogP contribution in [0.25, 0.3) is 5.82 Å². The molecular formula is C20H20ClFN6O2. The van der Waals surface area contributed by atoms with E-state index in [9.17, 15) is 9.18 Å². The Labute approximate surface area is 177 Å². The molecular weight excluding hydrogens is 411 g/mol. The van der Waals surface area contributed by atoms with E-state index in [1.54, 1.807) is 29.1 Å². The molecule has 0 spiro atoms. The molecule has 4 rings (SSSR count). The van der Waals surface area contributed by atoms with E-state index in [2.05, 4.69) is 25.6 Å². The predicted octanol–water partition coefficient (Wildman–Crippen LogP) is 2.89. The monoisotopic (exact) mass is 430 g/mol. The van der Waals surface area contributed by atoms with E-state index < -0.39 is 11.7 Å². The van der Waals surface area contributed by atoms with E-state index in [-0.39, 0.29) is 23.3 Å². The number of ether oxygens (including phenoxy) is 1. The van der Waals surface area contributed by atoms with Crippen LogP contribution in [0.5, 0.6) is 0 Å². The molecule has 156 valence electrons. The van der Waals surface area contributed by atoms with Gasteiger partial charge in [-0.15, -0.1) is 0 Å². The molecule has 10 heteroatoms. The number of imidazole rings is 1. The van der Waals surface area contributed by atoms with Crippen LogP contribution in [-0.2, 0) is 11.3 Å². The number of hydrogen-bond acceptors (Lipinski definition) is 6. The fraction of sp³-hybridized carbons (Fsp3) is 0.300. The summed E-state index contributed by atoms with van der Waals surface area (Å²) in [5, 5.41) is 5.91. The minimum Gasteiger partial charge on any atom is -0.379 e. The van der Waals surface area contributed by atoms with E-state index in [1.165, 1.54) is 12.4 Å². The van der Waals surface area contributed by atoms with E-state index in [1.807, 2.05) is 6.92 Å². The van der Waals surface area contributed by atoms with Gasteiger partial charge >= 0.3 is 0 Å². The van der Waals surface area contributed by atoms with Crippen molar-refractivity contribution in [3.05, 3.63) is 64.6 Å². The van der Waals surface area contributed by atoms with Crippen molar-refractivity contribution in [3.63, 3.8) is 0 Å². The van der Waals surface area contributed by atoms with Crippen molar-refractivity contribution in [1.29, 1.82) is 0 Å². The number of nitrogens with one attached hydrogen (secondary N) is 2. The van der Waals surface area contributed by atoms with Crippen LogP contribution in [0.15, 0.2) is 36.9 Å². The third-order valence-corrected chi connectivity index (χ3v) is 5.03. The molecule has 0 radical (unpaired) electrons. The van der Waals surface area contributed by atoms with Crippen molar-refractivity contribution in [1.82, 2.24) is 24.8 Å². The molecule has 2 N–H and O–H groups in total. The minimum absolute atomic E-state index is 0.00213. The zero-order chi connectivity index (χ0) is 21.1. The zero-order valence-corrected chi connectivity index (χ0v) is 17.0. The van der Waals surface area contributed by atoms with Gasteiger partial charge in [0.2, 0.25) is 5.95 Å². The van der Waals surface area contributed by atoms with Gasteiger partial charge < -0.3 is 15.4 Å². The third-order valence-electron chi connectivity index (χ3n) is 4.74. The highest BCUT2D eigenvalue weighted by atomic mass is 35.5. The van der Waals surface area contributed by atoms with E-state index >= 15 is 0 Å². The largest absolute Gasteiger partial charge is 0.379 e. The Hall–Kier alpha value is -3.04. The summed E-state index contributed by atoms with van der Waals surface area (Å²) in [6, 6.07) is 4.82. The van der Waals surface area contributed by atoms with Gasteiger partial charge in [-0.25, -0.2) is 14.4 Å². The second kappa shape index (κ2) is 8.76. The molecule has 1 aliphatic heterocycles. The number of benzene rings is 1. The molecule has 1 aromatic carbocycles. The van der Waals surface area contributed by atoms with Crippen LogP contribution in [0.4, 0.5) is 10.3 Å². The number of anilines is 1. The van der Waals surface area contributed by atoms with Crippen molar-refractivity contribution in [2.45, 2.75) is 25.9 Å². The van der Waals surface area contributed by atoms with Crippen molar-refractivity contribution in [3.8, 4) is 5.82 Å². The number of carbonyl (C=O) groups excluding carboxylic acids is 1.